The van der Waals surface area contributed by atoms with E-state index in [0.717, 1.165) is 169 Å². The summed E-state index contributed by atoms with van der Waals surface area (Å²) in [4.78, 5) is 113. The highest BCUT2D eigenvalue weighted by atomic mass is 19.1. The molecule has 30 heteroatoms. The monoisotopic (exact) mass is 1860 g/mol. The number of carbonyl (C=O) groups excluding carboxylic acids is 6. The van der Waals surface area contributed by atoms with E-state index in [9.17, 15) is 43.3 Å². The maximum atomic E-state index is 13.0. The Bertz CT molecular complexity index is 6490. The molecule has 14 N–H and O–H groups in total. The predicted molar refractivity (Wildman–Crippen MR) is 535 cm³/mol. The fourth-order valence-corrected chi connectivity index (χ4v) is 16.4. The van der Waals surface area contributed by atoms with Crippen LogP contribution in [0.4, 0.5) is 44.2 Å². The summed E-state index contributed by atoms with van der Waals surface area (Å²) in [5, 5.41) is 11.8. The Hall–Kier alpha value is -16.9. The average Bonchev–Trinajstić information content (AvgIpc) is 1.70. The summed E-state index contributed by atoms with van der Waals surface area (Å²) >= 11 is 0. The number of methoxy groups -OCH3 is 1. The topological polar surface area (TPSA) is 413 Å². The van der Waals surface area contributed by atoms with Gasteiger partial charge in [0.2, 0.25) is 0 Å². The van der Waals surface area contributed by atoms with Gasteiger partial charge in [-0.05, 0) is 285 Å². The molecule has 0 fully saturated rings. The number of hydrogen-bond donors (Lipinski definition) is 7. The van der Waals surface area contributed by atoms with E-state index in [1.165, 1.54) is 128 Å². The number of nitrogens with two attached hydrogens (primary N) is 7. The number of anilines is 6. The van der Waals surface area contributed by atoms with Gasteiger partial charge in [0.25, 0.3) is 5.69 Å². The van der Waals surface area contributed by atoms with Gasteiger partial charge >= 0.3 is 35.8 Å². The fraction of sp³-hybridized carbons (Fsp3) is 0.148. The van der Waals surface area contributed by atoms with Crippen molar-refractivity contribution >= 4 is 123 Å². The number of fused-ring (bicyclic) bond motifs is 6. The minimum Gasteiger partial charge on any atom is -0.497 e. The second kappa shape index (κ2) is 49.2. The summed E-state index contributed by atoms with van der Waals surface area (Å²) in [6, 6.07) is 88.5. The minimum atomic E-state index is -0.597. The van der Waals surface area contributed by atoms with Crippen molar-refractivity contribution in [3.8, 4) is 11.4 Å². The van der Waals surface area contributed by atoms with Crippen LogP contribution in [0.15, 0.2) is 316 Å². The van der Waals surface area contributed by atoms with Crippen LogP contribution in [0.3, 0.4) is 0 Å². The SMILES string of the molecule is COc1ccc(CN2CCc3cc(/C=C/C(=O)ON)ccc32)cc1.NOC(=O)/C=C/c1ccc2c(c1)CCN2Cc1ccc(F)cc1.NOC(=O)/C=C/c1ccc2c(c1)CCN2Cc1ccc(N)cc1.NOC(=O)/C=C/c1ccc2c(c1)CCN2Cc1ccc([N+](=O)[O-])cc1.NOC(=O)/C=C/c1ccc2c(c1)CCN2Cc1ccccc1.NOC(=O)/C=C/c1ccc2c(ccn2-c2ccccc2)c1. The molecule has 12 aromatic carbocycles. The normalized spacial score (nSPS) is 12.9. The quantitative estimate of drug-likeness (QED) is 0.0121. The summed E-state index contributed by atoms with van der Waals surface area (Å²) < 4.78 is 20.3. The highest BCUT2D eigenvalue weighted by molar-refractivity contribution is 5.92. The van der Waals surface area contributed by atoms with Crippen LogP contribution in [0.2, 0.25) is 0 Å². The highest BCUT2D eigenvalue weighted by Gasteiger charge is 2.25. The van der Waals surface area contributed by atoms with E-state index in [-0.39, 0.29) is 11.5 Å². The van der Waals surface area contributed by atoms with E-state index in [2.05, 4.69) is 161 Å². The number of rotatable bonds is 25. The first-order valence-corrected chi connectivity index (χ1v) is 44.2. The van der Waals surface area contributed by atoms with E-state index in [1.807, 2.05) is 140 Å². The third kappa shape index (κ3) is 28.1. The largest absolute Gasteiger partial charge is 0.497 e. The molecule has 13 aromatic rings. The smallest absolute Gasteiger partial charge is 0.349 e. The Labute approximate surface area is 797 Å². The van der Waals surface area contributed by atoms with E-state index < -0.39 is 40.7 Å². The molecule has 0 amide bonds. The van der Waals surface area contributed by atoms with Crippen LogP contribution in [0.1, 0.15) is 89.0 Å². The zero-order valence-electron chi connectivity index (χ0n) is 75.8. The van der Waals surface area contributed by atoms with Gasteiger partial charge in [-0.2, -0.15) is 35.4 Å². The van der Waals surface area contributed by atoms with Crippen molar-refractivity contribution in [2.75, 3.05) is 70.1 Å². The molecule has 138 heavy (non-hydrogen) atoms. The lowest BCUT2D eigenvalue weighted by atomic mass is 10.1. The number of nitro benzene ring substituents is 1. The number of carbonyl (C=O) groups is 6. The van der Waals surface area contributed by atoms with Gasteiger partial charge in [-0.1, -0.05) is 133 Å². The van der Waals surface area contributed by atoms with Gasteiger partial charge in [0.15, 0.2) is 0 Å². The standard InChI is InChI=1S/C19H20N2O3.C18H17FN2O2.C18H17N3O4.C18H19N3O2.C18H18N2O2.C17H14N2O2/c1-23-17-6-2-15(3-7-17)13-21-11-10-16-12-14(4-8-18(16)21)5-9-19(22)24-20;19-16-5-1-14(2-6-16)12-21-10-9-15-11-13(3-7-17(15)21)4-8-18(22)23-20;19-25-18(22)8-4-13-3-7-17-15(11-13)9-10-20(17)12-14-1-5-16(6-2-14)21(23)24;19-16-5-1-14(2-6-16)12-21-10-9-15-11-13(3-7-17(15)21)4-8-18(22)23-20;19-22-18(21)9-7-14-6-8-17-16(12-14)10-11-20(17)13-15-4-2-1-3-5-15;18-21-17(20)9-7-13-6-8-16-14(12-13)10-11-19(16)15-4-2-1-3-5-15/h2-9,12H,10-11,13,20H2,1H3;1-8,11H,9-10,12,20H2;1-8,11H,9-10,12,19H2;1-8,11H,9-10,12,19-20H2;1-9,12H,10-11,13,19H2;1-12H,18H2/b9-5+;3*8-4+;2*9-7+. The minimum absolute atomic E-state index is 0.0954. The summed E-state index contributed by atoms with van der Waals surface area (Å²) in [6.45, 7) is 8.88. The summed E-state index contributed by atoms with van der Waals surface area (Å²) in [7, 11) is 1.67. The van der Waals surface area contributed by atoms with E-state index in [4.69, 9.17) is 45.9 Å². The van der Waals surface area contributed by atoms with Gasteiger partial charge in [-0.15, -0.1) is 0 Å². The lowest BCUT2D eigenvalue weighted by molar-refractivity contribution is -0.384. The molecule has 0 bridgehead atoms. The molecular formula is C108H105FN14O15. The van der Waals surface area contributed by atoms with Crippen LogP contribution in [-0.4, -0.2) is 85.1 Å². The molecule has 0 saturated carbocycles. The van der Waals surface area contributed by atoms with E-state index in [1.54, 1.807) is 55.7 Å². The third-order valence-corrected chi connectivity index (χ3v) is 23.3. The van der Waals surface area contributed by atoms with Gasteiger partial charge in [0, 0.05) is 165 Å². The van der Waals surface area contributed by atoms with Gasteiger partial charge in [-0.25, -0.2) is 33.2 Å². The van der Waals surface area contributed by atoms with Gasteiger partial charge in [-0.3, -0.25) is 10.1 Å². The lowest BCUT2D eigenvalue weighted by Gasteiger charge is -2.19. The van der Waals surface area contributed by atoms with Crippen molar-refractivity contribution in [1.29, 1.82) is 0 Å². The second-order valence-corrected chi connectivity index (χ2v) is 32.4. The van der Waals surface area contributed by atoms with Crippen LogP contribution in [0.25, 0.3) is 53.0 Å². The number of aromatic nitrogens is 1. The zero-order valence-corrected chi connectivity index (χ0v) is 75.8. The first-order valence-electron chi connectivity index (χ1n) is 44.2. The van der Waals surface area contributed by atoms with Crippen molar-refractivity contribution in [2.45, 2.75) is 64.8 Å². The molecule has 18 rings (SSSR count). The Morgan fingerprint density at radius 3 is 0.920 bits per heavy atom. The molecule has 0 saturated heterocycles. The molecule has 0 unspecified atom stereocenters. The zero-order chi connectivity index (χ0) is 97.2. The van der Waals surface area contributed by atoms with Crippen molar-refractivity contribution in [3.05, 3.63) is 421 Å². The lowest BCUT2D eigenvalue weighted by Crippen LogP contribution is -2.19. The van der Waals surface area contributed by atoms with Crippen molar-refractivity contribution in [2.24, 2.45) is 35.4 Å². The fourth-order valence-electron chi connectivity index (χ4n) is 16.4. The maximum Gasteiger partial charge on any atom is 0.349 e. The van der Waals surface area contributed by atoms with Crippen LogP contribution < -0.4 is 70.4 Å². The number of hydrogen-bond acceptors (Lipinski definition) is 27. The molecule has 5 aliphatic heterocycles. The van der Waals surface area contributed by atoms with Gasteiger partial charge < -0.3 is 68.6 Å². The third-order valence-electron chi connectivity index (χ3n) is 23.3. The molecular weight excluding hydrogens is 1750 g/mol. The number of non-ortho nitro benzene ring substituents is 1. The van der Waals surface area contributed by atoms with Crippen LogP contribution in [0, 0.1) is 15.9 Å². The number of nitrogen functional groups attached to an aromatic ring is 1. The molecule has 1 aromatic heterocycles. The average molecular weight is 1860 g/mol. The van der Waals surface area contributed by atoms with Crippen molar-refractivity contribution < 1.29 is 71.8 Å². The van der Waals surface area contributed by atoms with Crippen LogP contribution in [-0.2, 0) is 123 Å². The van der Waals surface area contributed by atoms with E-state index in [0.29, 0.717) is 6.54 Å². The Kier molecular flexibility index (Phi) is 35.2. The number of nitrogens with zero attached hydrogens (tertiary/aromatic N) is 7. The molecule has 0 atom stereocenters. The summed E-state index contributed by atoms with van der Waals surface area (Å²) in [6.07, 6.45) is 24.9. The van der Waals surface area contributed by atoms with E-state index >= 15 is 0 Å². The number of benzene rings is 12. The number of ether oxygens (including phenoxy) is 1. The van der Waals surface area contributed by atoms with Crippen molar-refractivity contribution in [1.82, 2.24) is 4.57 Å². The molecule has 29 nitrogen and oxygen atoms in total. The van der Waals surface area contributed by atoms with Crippen molar-refractivity contribution in [3.63, 3.8) is 0 Å². The first kappa shape index (κ1) is 98.6. The van der Waals surface area contributed by atoms with Crippen LogP contribution in [0.5, 0.6) is 5.75 Å². The molecule has 0 radical (unpaired) electrons. The predicted octanol–water partition coefficient (Wildman–Crippen LogP) is 16.1. The molecule has 0 spiro atoms. The highest BCUT2D eigenvalue weighted by Crippen LogP contribution is 2.37. The molecule has 6 heterocycles. The number of para-hydroxylation sites is 1. The molecule has 0 aliphatic carbocycles. The molecule has 704 valence electrons. The summed E-state index contributed by atoms with van der Waals surface area (Å²) in [5.74, 6) is 26.1. The number of halogens is 1. The Balaban J connectivity index is 0.000000140. The van der Waals surface area contributed by atoms with Gasteiger partial charge in [0.05, 0.1) is 17.5 Å². The second-order valence-electron chi connectivity index (χ2n) is 32.4. The number of nitro groups is 1. The maximum absolute atomic E-state index is 13.0. The Morgan fingerprint density at radius 1 is 0.341 bits per heavy atom. The first-order chi connectivity index (χ1) is 67.1. The summed E-state index contributed by atoms with van der Waals surface area (Å²) in [5.41, 5.74) is 32.7. The Morgan fingerprint density at radius 2 is 0.616 bits per heavy atom. The van der Waals surface area contributed by atoms with Crippen LogP contribution >= 0.6 is 0 Å². The molecule has 5 aliphatic rings. The van der Waals surface area contributed by atoms with Gasteiger partial charge in [0.1, 0.15) is 11.6 Å².